The molecule has 106 valence electrons. The molecular formula is C16H26N2O. The fourth-order valence-electron chi connectivity index (χ4n) is 2.75. The monoisotopic (exact) mass is 262 g/mol. The van der Waals surface area contributed by atoms with Crippen LogP contribution in [0.1, 0.15) is 32.3 Å². The first kappa shape index (κ1) is 14.4. The van der Waals surface area contributed by atoms with Crippen LogP contribution in [0.2, 0.25) is 0 Å². The molecule has 0 amide bonds. The van der Waals surface area contributed by atoms with Gasteiger partial charge in [-0.15, -0.1) is 0 Å². The lowest BCUT2D eigenvalue weighted by molar-refractivity contribution is 0.231. The van der Waals surface area contributed by atoms with Crippen LogP contribution in [-0.4, -0.2) is 35.7 Å². The van der Waals surface area contributed by atoms with Gasteiger partial charge in [0.2, 0.25) is 0 Å². The van der Waals surface area contributed by atoms with Crippen molar-refractivity contribution in [3.05, 3.63) is 29.8 Å². The van der Waals surface area contributed by atoms with Gasteiger partial charge < -0.3 is 10.4 Å². The van der Waals surface area contributed by atoms with Crippen LogP contribution in [0, 0.1) is 5.92 Å². The van der Waals surface area contributed by atoms with Crippen LogP contribution in [-0.2, 0) is 6.54 Å². The summed E-state index contributed by atoms with van der Waals surface area (Å²) in [7, 11) is 0. The molecule has 2 rings (SSSR count). The van der Waals surface area contributed by atoms with E-state index in [2.05, 4.69) is 30.1 Å². The first-order valence-electron chi connectivity index (χ1n) is 7.42. The zero-order valence-electron chi connectivity index (χ0n) is 12.1. The zero-order chi connectivity index (χ0) is 13.7. The summed E-state index contributed by atoms with van der Waals surface area (Å²) in [5.41, 5.74) is 1.20. The molecule has 2 atom stereocenters. The van der Waals surface area contributed by atoms with Crippen LogP contribution < -0.4 is 5.32 Å². The third-order valence-electron chi connectivity index (χ3n) is 4.16. The van der Waals surface area contributed by atoms with Crippen LogP contribution in [0.5, 0.6) is 5.75 Å². The average Bonchev–Trinajstić information content (AvgIpc) is 2.63. The molecule has 1 aliphatic rings. The van der Waals surface area contributed by atoms with Crippen molar-refractivity contribution in [2.75, 3.05) is 19.6 Å². The van der Waals surface area contributed by atoms with E-state index < -0.39 is 0 Å². The van der Waals surface area contributed by atoms with Gasteiger partial charge in [-0.2, -0.15) is 0 Å². The second-order valence-corrected chi connectivity index (χ2v) is 5.70. The van der Waals surface area contributed by atoms with E-state index in [0.29, 0.717) is 17.7 Å². The van der Waals surface area contributed by atoms with Crippen molar-refractivity contribution in [2.24, 2.45) is 5.92 Å². The summed E-state index contributed by atoms with van der Waals surface area (Å²) in [5.74, 6) is 1.08. The summed E-state index contributed by atoms with van der Waals surface area (Å²) in [5, 5.41) is 13.2. The van der Waals surface area contributed by atoms with E-state index in [9.17, 15) is 5.11 Å². The van der Waals surface area contributed by atoms with Crippen LogP contribution in [0.4, 0.5) is 0 Å². The van der Waals surface area contributed by atoms with Crippen LogP contribution >= 0.6 is 0 Å². The lowest BCUT2D eigenvalue weighted by Gasteiger charge is -2.28. The van der Waals surface area contributed by atoms with Crippen molar-refractivity contribution in [1.82, 2.24) is 10.2 Å². The first-order chi connectivity index (χ1) is 9.19. The number of rotatable bonds is 4. The number of nitrogens with zero attached hydrogens (tertiary/aromatic N) is 1. The molecule has 1 fully saturated rings. The third kappa shape index (κ3) is 4.22. The normalized spacial score (nSPS) is 22.9. The Kier molecular flexibility index (Phi) is 5.23. The molecule has 19 heavy (non-hydrogen) atoms. The molecule has 3 heteroatoms. The summed E-state index contributed by atoms with van der Waals surface area (Å²) in [4.78, 5) is 2.51. The highest BCUT2D eigenvalue weighted by Gasteiger charge is 2.21. The molecular weight excluding hydrogens is 236 g/mol. The smallest absolute Gasteiger partial charge is 0.115 e. The minimum Gasteiger partial charge on any atom is -0.508 e. The summed E-state index contributed by atoms with van der Waals surface area (Å²) in [6, 6.07) is 8.21. The lowest BCUT2D eigenvalue weighted by atomic mass is 9.99. The van der Waals surface area contributed by atoms with E-state index in [1.165, 1.54) is 18.4 Å². The molecule has 1 aliphatic heterocycles. The second-order valence-electron chi connectivity index (χ2n) is 5.70. The number of phenols is 1. The van der Waals surface area contributed by atoms with Gasteiger partial charge in [0.1, 0.15) is 5.75 Å². The highest BCUT2D eigenvalue weighted by molar-refractivity contribution is 5.27. The molecule has 2 N–H and O–H groups in total. The third-order valence-corrected chi connectivity index (χ3v) is 4.16. The quantitative estimate of drug-likeness (QED) is 0.875. The highest BCUT2D eigenvalue weighted by Crippen LogP contribution is 2.17. The van der Waals surface area contributed by atoms with Crippen LogP contribution in [0.3, 0.4) is 0 Å². The summed E-state index contributed by atoms with van der Waals surface area (Å²) < 4.78 is 0. The second kappa shape index (κ2) is 6.92. The molecule has 2 unspecified atom stereocenters. The van der Waals surface area contributed by atoms with Gasteiger partial charge in [0.25, 0.3) is 0 Å². The van der Waals surface area contributed by atoms with Crippen LogP contribution in [0.15, 0.2) is 24.3 Å². The van der Waals surface area contributed by atoms with Gasteiger partial charge in [-0.3, -0.25) is 4.90 Å². The Morgan fingerprint density at radius 1 is 1.47 bits per heavy atom. The Bertz CT molecular complexity index is 394. The fourth-order valence-corrected chi connectivity index (χ4v) is 2.75. The minimum atomic E-state index is 0.365. The van der Waals surface area contributed by atoms with Crippen molar-refractivity contribution >= 4 is 0 Å². The van der Waals surface area contributed by atoms with E-state index in [0.717, 1.165) is 26.2 Å². The van der Waals surface area contributed by atoms with Gasteiger partial charge in [-0.25, -0.2) is 0 Å². The van der Waals surface area contributed by atoms with Crippen molar-refractivity contribution in [2.45, 2.75) is 39.3 Å². The molecule has 1 saturated heterocycles. The first-order valence-corrected chi connectivity index (χ1v) is 7.42. The van der Waals surface area contributed by atoms with Gasteiger partial charge in [0.15, 0.2) is 0 Å². The van der Waals surface area contributed by atoms with Gasteiger partial charge in [-0.05, 0) is 43.1 Å². The maximum atomic E-state index is 9.55. The Hall–Kier alpha value is -1.06. The number of hydrogen-bond acceptors (Lipinski definition) is 3. The molecule has 1 aromatic rings. The lowest BCUT2D eigenvalue weighted by Crippen LogP contribution is -2.41. The van der Waals surface area contributed by atoms with Crippen molar-refractivity contribution in [3.8, 4) is 5.75 Å². The molecule has 1 aromatic carbocycles. The SMILES string of the molecule is CCC(C)C1CN(Cc2cccc(O)c2)CCCN1. The molecule has 0 radical (unpaired) electrons. The standard InChI is InChI=1S/C16H26N2O/c1-3-13(2)16-12-18(9-5-8-17-16)11-14-6-4-7-15(19)10-14/h4,6-7,10,13,16-17,19H,3,5,8-9,11-12H2,1-2H3. The Morgan fingerprint density at radius 2 is 2.32 bits per heavy atom. The number of aromatic hydroxyl groups is 1. The van der Waals surface area contributed by atoms with Gasteiger partial charge >= 0.3 is 0 Å². The van der Waals surface area contributed by atoms with Crippen molar-refractivity contribution in [1.29, 1.82) is 0 Å². The Labute approximate surface area is 116 Å². The van der Waals surface area contributed by atoms with Gasteiger partial charge in [0.05, 0.1) is 0 Å². The Balaban J connectivity index is 1.98. The van der Waals surface area contributed by atoms with E-state index >= 15 is 0 Å². The van der Waals surface area contributed by atoms with E-state index in [1.54, 1.807) is 6.07 Å². The largest absolute Gasteiger partial charge is 0.508 e. The predicted molar refractivity (Wildman–Crippen MR) is 79.2 cm³/mol. The maximum absolute atomic E-state index is 9.55. The molecule has 0 spiro atoms. The molecule has 3 nitrogen and oxygen atoms in total. The maximum Gasteiger partial charge on any atom is 0.115 e. The van der Waals surface area contributed by atoms with E-state index in [4.69, 9.17) is 0 Å². The summed E-state index contributed by atoms with van der Waals surface area (Å²) >= 11 is 0. The number of benzene rings is 1. The molecule has 0 bridgehead atoms. The molecule has 1 heterocycles. The van der Waals surface area contributed by atoms with E-state index in [1.807, 2.05) is 12.1 Å². The van der Waals surface area contributed by atoms with Gasteiger partial charge in [0, 0.05) is 19.1 Å². The van der Waals surface area contributed by atoms with E-state index in [-0.39, 0.29) is 0 Å². The molecule has 0 aliphatic carbocycles. The highest BCUT2D eigenvalue weighted by atomic mass is 16.3. The van der Waals surface area contributed by atoms with Crippen molar-refractivity contribution in [3.63, 3.8) is 0 Å². The summed E-state index contributed by atoms with van der Waals surface area (Å²) in [6.07, 6.45) is 2.42. The average molecular weight is 262 g/mol. The topological polar surface area (TPSA) is 35.5 Å². The predicted octanol–water partition coefficient (Wildman–Crippen LogP) is 2.60. The van der Waals surface area contributed by atoms with Crippen molar-refractivity contribution < 1.29 is 5.11 Å². The summed E-state index contributed by atoms with van der Waals surface area (Å²) in [6.45, 7) is 8.88. The zero-order valence-corrected chi connectivity index (χ0v) is 12.1. The number of nitrogens with one attached hydrogen (secondary N) is 1. The number of phenolic OH excluding ortho intramolecular Hbond substituents is 1. The number of hydrogen-bond donors (Lipinski definition) is 2. The molecule has 0 saturated carbocycles. The minimum absolute atomic E-state index is 0.365. The Morgan fingerprint density at radius 3 is 3.05 bits per heavy atom. The van der Waals surface area contributed by atoms with Gasteiger partial charge in [-0.1, -0.05) is 32.4 Å². The fraction of sp³-hybridized carbons (Fsp3) is 0.625. The van der Waals surface area contributed by atoms with Crippen LogP contribution in [0.25, 0.3) is 0 Å². The molecule has 0 aromatic heterocycles.